The summed E-state index contributed by atoms with van der Waals surface area (Å²) < 4.78 is 0. The Labute approximate surface area is 114 Å². The van der Waals surface area contributed by atoms with Crippen LogP contribution in [-0.4, -0.2) is 29.8 Å². The average Bonchev–Trinajstić information content (AvgIpc) is 2.38. The Bertz CT molecular complexity index is 460. The summed E-state index contributed by atoms with van der Waals surface area (Å²) >= 11 is 0. The minimum Gasteiger partial charge on any atom is -0.340 e. The van der Waals surface area contributed by atoms with Crippen LogP contribution in [0, 0.1) is 0 Å². The van der Waals surface area contributed by atoms with Gasteiger partial charge in [-0.1, -0.05) is 12.1 Å². The van der Waals surface area contributed by atoms with Crippen molar-refractivity contribution < 1.29 is 9.59 Å². The lowest BCUT2D eigenvalue weighted by Gasteiger charge is -2.15. The minimum atomic E-state index is -0.0972. The molecule has 1 aromatic rings. The van der Waals surface area contributed by atoms with Gasteiger partial charge in [0.15, 0.2) is 0 Å². The van der Waals surface area contributed by atoms with Gasteiger partial charge in [0.25, 0.3) is 0 Å². The molecule has 1 N–H and O–H groups in total. The zero-order chi connectivity index (χ0) is 14.3. The Morgan fingerprint density at radius 3 is 2.21 bits per heavy atom. The minimum absolute atomic E-state index is 0.0101. The molecule has 0 fully saturated rings. The van der Waals surface area contributed by atoms with Crippen LogP contribution in [0.15, 0.2) is 30.3 Å². The highest BCUT2D eigenvalue weighted by molar-refractivity contribution is 5.92. The summed E-state index contributed by atoms with van der Waals surface area (Å²) in [5, 5.41) is 2.70. The second-order valence-electron chi connectivity index (χ2n) is 4.15. The zero-order valence-corrected chi connectivity index (χ0v) is 11.6. The molecule has 0 aromatic heterocycles. The molecule has 0 aliphatic carbocycles. The van der Waals surface area contributed by atoms with Crippen LogP contribution in [0.4, 0.5) is 5.69 Å². The number of nitrogens with one attached hydrogen (secondary N) is 1. The van der Waals surface area contributed by atoms with Crippen molar-refractivity contribution in [2.45, 2.75) is 20.8 Å². The maximum absolute atomic E-state index is 11.8. The van der Waals surface area contributed by atoms with Crippen molar-refractivity contribution in [3.8, 4) is 0 Å². The molecular weight excluding hydrogens is 240 g/mol. The third-order valence-corrected chi connectivity index (χ3v) is 2.72. The standard InChI is InChI=1S/C15H20N2O2/c1-4-17(5-2)15(19)11-8-13-6-9-14(10-7-13)16-12(3)18/h6-11H,4-5H2,1-3H3,(H,16,18). The van der Waals surface area contributed by atoms with E-state index in [1.807, 2.05) is 38.1 Å². The average molecular weight is 260 g/mol. The highest BCUT2D eigenvalue weighted by atomic mass is 16.2. The molecule has 0 radical (unpaired) electrons. The maximum Gasteiger partial charge on any atom is 0.246 e. The van der Waals surface area contributed by atoms with E-state index in [9.17, 15) is 9.59 Å². The van der Waals surface area contributed by atoms with Crippen LogP contribution in [0.3, 0.4) is 0 Å². The SMILES string of the molecule is CCN(CC)C(=O)C=Cc1ccc(NC(C)=O)cc1. The van der Waals surface area contributed by atoms with Crippen molar-refractivity contribution in [1.82, 2.24) is 4.90 Å². The van der Waals surface area contributed by atoms with Gasteiger partial charge in [-0.25, -0.2) is 0 Å². The van der Waals surface area contributed by atoms with E-state index in [0.717, 1.165) is 11.3 Å². The number of hydrogen-bond donors (Lipinski definition) is 1. The van der Waals surface area contributed by atoms with Gasteiger partial charge in [0.05, 0.1) is 0 Å². The van der Waals surface area contributed by atoms with Crippen LogP contribution < -0.4 is 5.32 Å². The third kappa shape index (κ3) is 4.95. The van der Waals surface area contributed by atoms with E-state index < -0.39 is 0 Å². The fraction of sp³-hybridized carbons (Fsp3) is 0.333. The lowest BCUT2D eigenvalue weighted by atomic mass is 10.2. The number of nitrogens with zero attached hydrogens (tertiary/aromatic N) is 1. The number of amides is 2. The fourth-order valence-corrected chi connectivity index (χ4v) is 1.69. The number of carbonyl (C=O) groups excluding carboxylic acids is 2. The van der Waals surface area contributed by atoms with Crippen LogP contribution in [-0.2, 0) is 9.59 Å². The van der Waals surface area contributed by atoms with E-state index in [-0.39, 0.29) is 11.8 Å². The Morgan fingerprint density at radius 2 is 1.74 bits per heavy atom. The van der Waals surface area contributed by atoms with Gasteiger partial charge < -0.3 is 10.2 Å². The van der Waals surface area contributed by atoms with E-state index in [1.54, 1.807) is 17.1 Å². The molecule has 0 heterocycles. The largest absolute Gasteiger partial charge is 0.340 e. The van der Waals surface area contributed by atoms with Crippen molar-refractivity contribution in [3.05, 3.63) is 35.9 Å². The Morgan fingerprint density at radius 1 is 1.16 bits per heavy atom. The first kappa shape index (κ1) is 15.0. The molecule has 0 bridgehead atoms. The number of hydrogen-bond acceptors (Lipinski definition) is 2. The van der Waals surface area contributed by atoms with Crippen molar-refractivity contribution >= 4 is 23.6 Å². The smallest absolute Gasteiger partial charge is 0.246 e. The third-order valence-electron chi connectivity index (χ3n) is 2.72. The van der Waals surface area contributed by atoms with Crippen LogP contribution >= 0.6 is 0 Å². The number of benzene rings is 1. The van der Waals surface area contributed by atoms with Gasteiger partial charge in [-0.15, -0.1) is 0 Å². The summed E-state index contributed by atoms with van der Waals surface area (Å²) in [5.41, 5.74) is 1.68. The molecular formula is C15H20N2O2. The maximum atomic E-state index is 11.8. The molecule has 19 heavy (non-hydrogen) atoms. The van der Waals surface area contributed by atoms with Gasteiger partial charge >= 0.3 is 0 Å². The van der Waals surface area contributed by atoms with Gasteiger partial charge in [-0.2, -0.15) is 0 Å². The van der Waals surface area contributed by atoms with E-state index in [1.165, 1.54) is 6.92 Å². The highest BCUT2D eigenvalue weighted by Gasteiger charge is 2.04. The monoisotopic (exact) mass is 260 g/mol. The first-order chi connectivity index (χ1) is 9.06. The molecule has 0 saturated heterocycles. The Kier molecular flexibility index (Phi) is 5.79. The van der Waals surface area contributed by atoms with Crippen molar-refractivity contribution in [2.75, 3.05) is 18.4 Å². The summed E-state index contributed by atoms with van der Waals surface area (Å²) in [5.74, 6) is -0.0871. The predicted octanol–water partition coefficient (Wildman–Crippen LogP) is 2.53. The molecule has 0 aliphatic rings. The quantitative estimate of drug-likeness (QED) is 0.827. The lowest BCUT2D eigenvalue weighted by molar-refractivity contribution is -0.125. The molecule has 4 nitrogen and oxygen atoms in total. The Balaban J connectivity index is 2.67. The summed E-state index contributed by atoms with van der Waals surface area (Å²) in [6.07, 6.45) is 3.35. The second kappa shape index (κ2) is 7.36. The van der Waals surface area contributed by atoms with Crippen LogP contribution in [0.2, 0.25) is 0 Å². The predicted molar refractivity (Wildman–Crippen MR) is 77.7 cm³/mol. The Hall–Kier alpha value is -2.10. The van der Waals surface area contributed by atoms with Crippen LogP contribution in [0.1, 0.15) is 26.3 Å². The van der Waals surface area contributed by atoms with Crippen molar-refractivity contribution in [3.63, 3.8) is 0 Å². The number of carbonyl (C=O) groups is 2. The molecule has 2 amide bonds. The van der Waals surface area contributed by atoms with Crippen LogP contribution in [0.25, 0.3) is 6.08 Å². The zero-order valence-electron chi connectivity index (χ0n) is 11.6. The van der Waals surface area contributed by atoms with E-state index in [0.29, 0.717) is 13.1 Å². The number of anilines is 1. The molecule has 0 aliphatic heterocycles. The molecule has 1 aromatic carbocycles. The number of rotatable bonds is 5. The van der Waals surface area contributed by atoms with Gasteiger partial charge in [0.1, 0.15) is 0 Å². The molecule has 0 spiro atoms. The number of likely N-dealkylation sites (N-methyl/N-ethyl adjacent to an activating group) is 1. The summed E-state index contributed by atoms with van der Waals surface area (Å²) in [6, 6.07) is 7.33. The molecule has 102 valence electrons. The van der Waals surface area contributed by atoms with Crippen molar-refractivity contribution in [2.24, 2.45) is 0 Å². The highest BCUT2D eigenvalue weighted by Crippen LogP contribution is 2.10. The molecule has 0 atom stereocenters. The molecule has 0 saturated carbocycles. The first-order valence-electron chi connectivity index (χ1n) is 6.41. The van der Waals surface area contributed by atoms with Gasteiger partial charge in [0.2, 0.25) is 11.8 Å². The molecule has 4 heteroatoms. The van der Waals surface area contributed by atoms with Crippen LogP contribution in [0.5, 0.6) is 0 Å². The fourth-order valence-electron chi connectivity index (χ4n) is 1.69. The summed E-state index contributed by atoms with van der Waals surface area (Å²) in [6.45, 7) is 6.80. The second-order valence-corrected chi connectivity index (χ2v) is 4.15. The van der Waals surface area contributed by atoms with Gasteiger partial charge in [0, 0.05) is 31.8 Å². The van der Waals surface area contributed by atoms with E-state index in [4.69, 9.17) is 0 Å². The van der Waals surface area contributed by atoms with Crippen molar-refractivity contribution in [1.29, 1.82) is 0 Å². The first-order valence-corrected chi connectivity index (χ1v) is 6.41. The van der Waals surface area contributed by atoms with Gasteiger partial charge in [-0.05, 0) is 37.6 Å². The normalized spacial score (nSPS) is 10.5. The lowest BCUT2D eigenvalue weighted by Crippen LogP contribution is -2.28. The van der Waals surface area contributed by atoms with E-state index >= 15 is 0 Å². The van der Waals surface area contributed by atoms with E-state index in [2.05, 4.69) is 5.32 Å². The molecule has 0 unspecified atom stereocenters. The summed E-state index contributed by atoms with van der Waals surface area (Å²) in [7, 11) is 0. The van der Waals surface area contributed by atoms with Gasteiger partial charge in [-0.3, -0.25) is 9.59 Å². The summed E-state index contributed by atoms with van der Waals surface area (Å²) in [4.78, 5) is 24.4. The molecule has 1 rings (SSSR count). The topological polar surface area (TPSA) is 49.4 Å².